The summed E-state index contributed by atoms with van der Waals surface area (Å²) in [4.78, 5) is 39.3. The summed E-state index contributed by atoms with van der Waals surface area (Å²) < 4.78 is 50.0. The number of hydrogen-bond acceptors (Lipinski definition) is 5. The third kappa shape index (κ3) is 3.32. The van der Waals surface area contributed by atoms with Crippen molar-refractivity contribution in [3.63, 3.8) is 0 Å². The molecule has 0 aliphatic carbocycles. The number of rotatable bonds is 3. The van der Waals surface area contributed by atoms with Crippen LogP contribution in [0.1, 0.15) is 42.5 Å². The molecule has 1 aromatic carbocycles. The quantitative estimate of drug-likeness (QED) is 0.779. The van der Waals surface area contributed by atoms with Gasteiger partial charge in [-0.1, -0.05) is 6.07 Å². The van der Waals surface area contributed by atoms with Crippen molar-refractivity contribution in [1.29, 1.82) is 0 Å². The van der Waals surface area contributed by atoms with Gasteiger partial charge in [0.15, 0.2) is 17.7 Å². The van der Waals surface area contributed by atoms with Crippen LogP contribution in [0.25, 0.3) is 0 Å². The molecule has 8 nitrogen and oxygen atoms in total. The molecule has 2 amide bonds. The molecule has 2 atom stereocenters. The van der Waals surface area contributed by atoms with Crippen LogP contribution in [0.3, 0.4) is 0 Å². The fourth-order valence-corrected chi connectivity index (χ4v) is 3.45. The number of ether oxygens (including phenoxy) is 1. The number of amides is 2. The number of hydrogen-bond donors (Lipinski definition) is 2. The number of aromatic hydroxyl groups is 1. The largest absolute Gasteiger partial charge is 0.503 e. The number of pyridine rings is 1. The van der Waals surface area contributed by atoms with Crippen molar-refractivity contribution in [1.82, 2.24) is 14.8 Å². The predicted octanol–water partition coefficient (Wildman–Crippen LogP) is 1.35. The molecular formula is C20H19F2N3O5. The molecule has 0 saturated carbocycles. The number of aromatic nitrogens is 1. The minimum atomic E-state index is -2.40. The summed E-state index contributed by atoms with van der Waals surface area (Å²) in [6.07, 6.45) is -0.0348. The van der Waals surface area contributed by atoms with E-state index in [4.69, 9.17) is 7.48 Å². The van der Waals surface area contributed by atoms with Gasteiger partial charge in [0, 0.05) is 30.4 Å². The number of nitrogens with zero attached hydrogens (tertiary/aromatic N) is 2. The summed E-state index contributed by atoms with van der Waals surface area (Å²) in [6, 6.07) is 2.36. The van der Waals surface area contributed by atoms with Crippen LogP contribution in [0.15, 0.2) is 29.2 Å². The van der Waals surface area contributed by atoms with Crippen LogP contribution in [-0.2, 0) is 17.8 Å². The van der Waals surface area contributed by atoms with E-state index in [0.717, 1.165) is 27.8 Å². The Morgan fingerprint density at radius 1 is 1.40 bits per heavy atom. The zero-order valence-corrected chi connectivity index (χ0v) is 15.8. The molecule has 2 N–H and O–H groups in total. The maximum atomic E-state index is 13.8. The lowest BCUT2D eigenvalue weighted by Gasteiger charge is -2.44. The van der Waals surface area contributed by atoms with Crippen molar-refractivity contribution in [3.8, 4) is 5.75 Å². The highest BCUT2D eigenvalue weighted by Crippen LogP contribution is 2.29. The summed E-state index contributed by atoms with van der Waals surface area (Å²) in [5.41, 5.74) is -2.47. The van der Waals surface area contributed by atoms with E-state index in [-0.39, 0.29) is 12.2 Å². The molecule has 3 heterocycles. The van der Waals surface area contributed by atoms with Crippen LogP contribution in [0.4, 0.5) is 8.78 Å². The highest BCUT2D eigenvalue weighted by atomic mass is 19.1. The second kappa shape index (κ2) is 7.52. The molecule has 1 aromatic heterocycles. The fourth-order valence-electron chi connectivity index (χ4n) is 3.45. The Morgan fingerprint density at radius 3 is 2.90 bits per heavy atom. The fraction of sp³-hybridized carbons (Fsp3) is 0.350. The topological polar surface area (TPSA) is 101 Å². The standard InChI is InChI=1S/C20H19F2N3O5/c1-10-4-5-30-15-9-24-8-13(17(26)18(27)16(24)20(29)25(10)15)19(28)23-7-11-2-3-12(21)6-14(11)22/h2-3,6,8,10,15,27H,4-5,7,9H2,1H3,(H,23,28)/t10-,15+/m1/s1/i9D2. The molecular weight excluding hydrogens is 400 g/mol. The lowest BCUT2D eigenvalue weighted by Crippen LogP contribution is -2.57. The van der Waals surface area contributed by atoms with E-state index in [9.17, 15) is 28.3 Å². The SMILES string of the molecule is [2H]C1([2H])[C@@H]2OCC[C@@H](C)N2C(=O)c2c(O)c(=O)c(C(=O)NCc3ccc(F)cc3F)cn21. The van der Waals surface area contributed by atoms with Gasteiger partial charge in [0.2, 0.25) is 5.43 Å². The van der Waals surface area contributed by atoms with Crippen LogP contribution < -0.4 is 10.7 Å². The molecule has 158 valence electrons. The summed E-state index contributed by atoms with van der Waals surface area (Å²) in [6.45, 7) is -0.894. The highest BCUT2D eigenvalue weighted by molar-refractivity contribution is 5.99. The zero-order valence-electron chi connectivity index (χ0n) is 17.8. The molecule has 0 unspecified atom stereocenters. The molecule has 4 rings (SSSR count). The monoisotopic (exact) mass is 421 g/mol. The number of carbonyl (C=O) groups is 2. The Morgan fingerprint density at radius 2 is 2.17 bits per heavy atom. The third-order valence-electron chi connectivity index (χ3n) is 5.11. The van der Waals surface area contributed by atoms with E-state index in [1.165, 1.54) is 0 Å². The van der Waals surface area contributed by atoms with Gasteiger partial charge in [-0.2, -0.15) is 0 Å². The van der Waals surface area contributed by atoms with E-state index >= 15 is 0 Å². The van der Waals surface area contributed by atoms with Crippen molar-refractivity contribution < 1.29 is 31.0 Å². The highest BCUT2D eigenvalue weighted by Gasteiger charge is 2.41. The molecule has 1 saturated heterocycles. The minimum absolute atomic E-state index is 0.0484. The van der Waals surface area contributed by atoms with Gasteiger partial charge in [0.05, 0.1) is 15.8 Å². The van der Waals surface area contributed by atoms with E-state index < -0.39 is 71.2 Å². The second-order valence-corrected chi connectivity index (χ2v) is 7.06. The van der Waals surface area contributed by atoms with Gasteiger partial charge in [0.1, 0.15) is 17.2 Å². The van der Waals surface area contributed by atoms with Crippen LogP contribution in [0.2, 0.25) is 0 Å². The van der Waals surface area contributed by atoms with Crippen LogP contribution in [-0.4, -0.2) is 45.3 Å². The van der Waals surface area contributed by atoms with E-state index in [2.05, 4.69) is 5.32 Å². The molecule has 2 aliphatic rings. The average Bonchev–Trinajstić information content (AvgIpc) is 2.73. The van der Waals surface area contributed by atoms with Crippen molar-refractivity contribution in [2.45, 2.75) is 38.7 Å². The van der Waals surface area contributed by atoms with Crippen molar-refractivity contribution >= 4 is 11.8 Å². The van der Waals surface area contributed by atoms with E-state index in [0.29, 0.717) is 12.5 Å². The predicted molar refractivity (Wildman–Crippen MR) is 99.9 cm³/mol. The smallest absolute Gasteiger partial charge is 0.276 e. The van der Waals surface area contributed by atoms with Crippen molar-refractivity contribution in [3.05, 3.63) is 63.1 Å². The number of halogens is 2. The number of benzene rings is 1. The van der Waals surface area contributed by atoms with Gasteiger partial charge in [-0.15, -0.1) is 0 Å². The molecule has 30 heavy (non-hydrogen) atoms. The van der Waals surface area contributed by atoms with E-state index in [1.54, 1.807) is 6.92 Å². The zero-order chi connectivity index (χ0) is 23.4. The summed E-state index contributed by atoms with van der Waals surface area (Å²) in [7, 11) is 0. The van der Waals surface area contributed by atoms with Crippen molar-refractivity contribution in [2.75, 3.05) is 6.61 Å². The summed E-state index contributed by atoms with van der Waals surface area (Å²) in [5.74, 6) is -4.60. The molecule has 0 spiro atoms. The second-order valence-electron chi connectivity index (χ2n) is 7.06. The Hall–Kier alpha value is -3.27. The van der Waals surface area contributed by atoms with Gasteiger partial charge in [0.25, 0.3) is 11.8 Å². The lowest BCUT2D eigenvalue weighted by atomic mass is 10.1. The molecule has 2 aliphatic heterocycles. The van der Waals surface area contributed by atoms with Gasteiger partial charge in [-0.25, -0.2) is 8.78 Å². The van der Waals surface area contributed by atoms with Gasteiger partial charge < -0.3 is 24.6 Å². The maximum Gasteiger partial charge on any atom is 0.276 e. The first-order valence-electron chi connectivity index (χ1n) is 10.2. The Labute approximate surface area is 172 Å². The van der Waals surface area contributed by atoms with Gasteiger partial charge in [-0.3, -0.25) is 14.4 Å². The molecule has 0 radical (unpaired) electrons. The molecule has 10 heteroatoms. The van der Waals surface area contributed by atoms with Gasteiger partial charge >= 0.3 is 0 Å². The minimum Gasteiger partial charge on any atom is -0.503 e. The Balaban J connectivity index is 1.72. The maximum absolute atomic E-state index is 13.8. The lowest BCUT2D eigenvalue weighted by molar-refractivity contribution is -0.112. The Bertz CT molecular complexity index is 1190. The Kier molecular flexibility index (Phi) is 4.41. The third-order valence-corrected chi connectivity index (χ3v) is 5.11. The number of fused-ring (bicyclic) bond motifs is 2. The first-order valence-corrected chi connectivity index (χ1v) is 9.19. The number of nitrogens with one attached hydrogen (secondary N) is 1. The van der Waals surface area contributed by atoms with Crippen LogP contribution >= 0.6 is 0 Å². The first kappa shape index (κ1) is 17.6. The molecule has 2 aromatic rings. The molecule has 1 fully saturated rings. The van der Waals surface area contributed by atoms with E-state index in [1.807, 2.05) is 0 Å². The average molecular weight is 421 g/mol. The number of carbonyl (C=O) groups excluding carboxylic acids is 2. The first-order chi connectivity index (χ1) is 15.0. The summed E-state index contributed by atoms with van der Waals surface area (Å²) >= 11 is 0. The van der Waals surface area contributed by atoms with Gasteiger partial charge in [-0.05, 0) is 19.4 Å². The van der Waals surface area contributed by atoms with Crippen LogP contribution in [0.5, 0.6) is 5.75 Å². The normalized spacial score (nSPS) is 23.2. The van der Waals surface area contributed by atoms with Crippen molar-refractivity contribution in [2.24, 2.45) is 0 Å². The summed E-state index contributed by atoms with van der Waals surface area (Å²) in [5, 5.41) is 12.7. The van der Waals surface area contributed by atoms with Crippen LogP contribution in [0, 0.1) is 11.6 Å². The molecule has 0 bridgehead atoms.